The molecule has 2 rings (SSSR count). The summed E-state index contributed by atoms with van der Waals surface area (Å²) in [4.78, 5) is 0. The van der Waals surface area contributed by atoms with E-state index in [9.17, 15) is 0 Å². The van der Waals surface area contributed by atoms with Gasteiger partial charge in [0.2, 0.25) is 0 Å². The third kappa shape index (κ3) is 2.19. The van der Waals surface area contributed by atoms with E-state index < -0.39 is 0 Å². The average Bonchev–Trinajstić information content (AvgIpc) is 2.62. The summed E-state index contributed by atoms with van der Waals surface area (Å²) in [6.45, 7) is 1.61. The number of nitrogens with one attached hydrogen (secondary N) is 1. The van der Waals surface area contributed by atoms with Crippen LogP contribution < -0.4 is 11.1 Å². The first-order valence-electron chi connectivity index (χ1n) is 4.65. The molecule has 3 N–H and O–H groups in total. The molecule has 14 heavy (non-hydrogen) atoms. The molecule has 0 aliphatic carbocycles. The fraction of sp³-hybridized carbons (Fsp3) is 0.400. The lowest BCUT2D eigenvalue weighted by molar-refractivity contribution is 0.195. The lowest BCUT2D eigenvalue weighted by atomic mass is 10.2. The molecule has 0 amide bonds. The molecule has 0 aromatic heterocycles. The Morgan fingerprint density at radius 3 is 3.00 bits per heavy atom. The molecule has 1 aromatic rings. The molecule has 4 heteroatoms. The minimum atomic E-state index is 0.401. The van der Waals surface area contributed by atoms with Gasteiger partial charge in [-0.3, -0.25) is 0 Å². The van der Waals surface area contributed by atoms with Crippen LogP contribution in [-0.2, 0) is 4.74 Å². The van der Waals surface area contributed by atoms with Crippen LogP contribution in [0.3, 0.4) is 0 Å². The Morgan fingerprint density at radius 2 is 2.36 bits per heavy atom. The minimum absolute atomic E-state index is 0.401. The van der Waals surface area contributed by atoms with Gasteiger partial charge in [-0.05, 0) is 24.6 Å². The highest BCUT2D eigenvalue weighted by Crippen LogP contribution is 2.24. The van der Waals surface area contributed by atoms with Gasteiger partial charge < -0.3 is 15.8 Å². The molecule has 1 heterocycles. The van der Waals surface area contributed by atoms with Crippen molar-refractivity contribution in [2.45, 2.75) is 12.5 Å². The van der Waals surface area contributed by atoms with E-state index >= 15 is 0 Å². The second-order valence-electron chi connectivity index (χ2n) is 3.44. The number of anilines is 2. The van der Waals surface area contributed by atoms with Crippen molar-refractivity contribution >= 4 is 27.3 Å². The summed E-state index contributed by atoms with van der Waals surface area (Å²) in [6.07, 6.45) is 1.05. The van der Waals surface area contributed by atoms with Crippen molar-refractivity contribution in [3.8, 4) is 0 Å². The number of nitrogen functional groups attached to an aromatic ring is 1. The zero-order valence-electron chi connectivity index (χ0n) is 7.79. The largest absolute Gasteiger partial charge is 0.397 e. The monoisotopic (exact) mass is 256 g/mol. The topological polar surface area (TPSA) is 47.3 Å². The van der Waals surface area contributed by atoms with Crippen LogP contribution in [0.1, 0.15) is 6.42 Å². The van der Waals surface area contributed by atoms with Gasteiger partial charge in [0.05, 0.1) is 24.0 Å². The predicted molar refractivity (Wildman–Crippen MR) is 61.4 cm³/mol. The maximum absolute atomic E-state index is 5.87. The van der Waals surface area contributed by atoms with Gasteiger partial charge >= 0.3 is 0 Å². The molecule has 1 aliphatic heterocycles. The van der Waals surface area contributed by atoms with Crippen molar-refractivity contribution in [3.05, 3.63) is 22.7 Å². The number of halogens is 1. The number of benzene rings is 1. The van der Waals surface area contributed by atoms with Crippen molar-refractivity contribution in [1.29, 1.82) is 0 Å². The number of ether oxygens (including phenoxy) is 1. The Balaban J connectivity index is 2.08. The Kier molecular flexibility index (Phi) is 2.93. The normalized spacial score (nSPS) is 21.1. The molecular weight excluding hydrogens is 244 g/mol. The fourth-order valence-electron chi connectivity index (χ4n) is 1.53. The molecule has 0 unspecified atom stereocenters. The van der Waals surface area contributed by atoms with Crippen LogP contribution in [0.25, 0.3) is 0 Å². The van der Waals surface area contributed by atoms with Crippen LogP contribution in [0, 0.1) is 0 Å². The summed E-state index contributed by atoms with van der Waals surface area (Å²) < 4.78 is 6.28. The van der Waals surface area contributed by atoms with Crippen LogP contribution in [0.15, 0.2) is 22.7 Å². The van der Waals surface area contributed by atoms with E-state index in [1.54, 1.807) is 0 Å². The summed E-state index contributed by atoms with van der Waals surface area (Å²) in [5.74, 6) is 0. The van der Waals surface area contributed by atoms with Gasteiger partial charge in [-0.25, -0.2) is 0 Å². The van der Waals surface area contributed by atoms with Gasteiger partial charge in [0.25, 0.3) is 0 Å². The van der Waals surface area contributed by atoms with Crippen LogP contribution >= 0.6 is 15.9 Å². The van der Waals surface area contributed by atoms with Crippen molar-refractivity contribution < 1.29 is 4.74 Å². The minimum Gasteiger partial charge on any atom is -0.397 e. The molecule has 1 aliphatic rings. The second-order valence-corrected chi connectivity index (χ2v) is 4.35. The lowest BCUT2D eigenvalue weighted by Gasteiger charge is -2.14. The average molecular weight is 257 g/mol. The van der Waals surface area contributed by atoms with Gasteiger partial charge in [0, 0.05) is 11.1 Å². The molecule has 0 spiro atoms. The highest BCUT2D eigenvalue weighted by Gasteiger charge is 2.15. The fourth-order valence-corrected chi connectivity index (χ4v) is 1.91. The molecule has 1 aromatic carbocycles. The molecule has 0 radical (unpaired) electrons. The van der Waals surface area contributed by atoms with Gasteiger partial charge in [-0.2, -0.15) is 0 Å². The van der Waals surface area contributed by atoms with Crippen LogP contribution in [0.5, 0.6) is 0 Å². The second kappa shape index (κ2) is 4.19. The number of nitrogens with two attached hydrogens (primary N) is 1. The number of hydrogen-bond acceptors (Lipinski definition) is 3. The highest BCUT2D eigenvalue weighted by atomic mass is 79.9. The molecule has 0 bridgehead atoms. The quantitative estimate of drug-likeness (QED) is 0.799. The molecule has 3 nitrogen and oxygen atoms in total. The SMILES string of the molecule is Nc1cc(Br)ccc1N[C@H]1CCOC1. The standard InChI is InChI=1S/C10H13BrN2O/c11-7-1-2-10(9(12)5-7)13-8-3-4-14-6-8/h1-2,5,8,13H,3-4,6,12H2/t8-/m0/s1. The Bertz CT molecular complexity index is 324. The van der Waals surface area contributed by atoms with Crippen molar-refractivity contribution in [2.75, 3.05) is 24.3 Å². The van der Waals surface area contributed by atoms with E-state index in [0.29, 0.717) is 6.04 Å². The third-order valence-corrected chi connectivity index (χ3v) is 2.80. The summed E-state index contributed by atoms with van der Waals surface area (Å²) >= 11 is 3.38. The van der Waals surface area contributed by atoms with E-state index in [1.807, 2.05) is 18.2 Å². The van der Waals surface area contributed by atoms with E-state index in [4.69, 9.17) is 10.5 Å². The van der Waals surface area contributed by atoms with Crippen LogP contribution in [0.4, 0.5) is 11.4 Å². The predicted octanol–water partition coefficient (Wildman–Crippen LogP) is 2.23. The molecule has 1 saturated heterocycles. The Hall–Kier alpha value is -0.740. The van der Waals surface area contributed by atoms with Crippen molar-refractivity contribution in [2.24, 2.45) is 0 Å². The van der Waals surface area contributed by atoms with E-state index in [-0.39, 0.29) is 0 Å². The molecule has 0 saturated carbocycles. The third-order valence-electron chi connectivity index (χ3n) is 2.30. The van der Waals surface area contributed by atoms with Crippen molar-refractivity contribution in [1.82, 2.24) is 0 Å². The van der Waals surface area contributed by atoms with E-state index in [1.165, 1.54) is 0 Å². The smallest absolute Gasteiger partial charge is 0.0668 e. The van der Waals surface area contributed by atoms with E-state index in [2.05, 4.69) is 21.2 Å². The van der Waals surface area contributed by atoms with Crippen LogP contribution in [0.2, 0.25) is 0 Å². The van der Waals surface area contributed by atoms with E-state index in [0.717, 1.165) is 35.5 Å². The summed E-state index contributed by atoms with van der Waals surface area (Å²) in [7, 11) is 0. The van der Waals surface area contributed by atoms with Gasteiger partial charge in [0.1, 0.15) is 0 Å². The van der Waals surface area contributed by atoms with Gasteiger partial charge in [0.15, 0.2) is 0 Å². The Labute approximate surface area is 91.8 Å². The first kappa shape index (κ1) is 9.80. The first-order valence-corrected chi connectivity index (χ1v) is 5.44. The maximum atomic E-state index is 5.87. The van der Waals surface area contributed by atoms with Crippen LogP contribution in [-0.4, -0.2) is 19.3 Å². The molecular formula is C10H13BrN2O. The number of hydrogen-bond donors (Lipinski definition) is 2. The summed E-state index contributed by atoms with van der Waals surface area (Å²) in [6, 6.07) is 6.27. The Morgan fingerprint density at radius 1 is 1.50 bits per heavy atom. The van der Waals surface area contributed by atoms with Crippen molar-refractivity contribution in [3.63, 3.8) is 0 Å². The molecule has 1 atom stereocenters. The summed E-state index contributed by atoms with van der Waals surface area (Å²) in [5, 5.41) is 3.37. The number of rotatable bonds is 2. The summed E-state index contributed by atoms with van der Waals surface area (Å²) in [5.41, 5.74) is 7.63. The van der Waals surface area contributed by atoms with Gasteiger partial charge in [-0.15, -0.1) is 0 Å². The zero-order chi connectivity index (χ0) is 9.97. The zero-order valence-corrected chi connectivity index (χ0v) is 9.38. The maximum Gasteiger partial charge on any atom is 0.0668 e. The van der Waals surface area contributed by atoms with Gasteiger partial charge in [-0.1, -0.05) is 15.9 Å². The molecule has 76 valence electrons. The lowest BCUT2D eigenvalue weighted by Crippen LogP contribution is -2.19. The molecule has 1 fully saturated rings. The first-order chi connectivity index (χ1) is 6.75. The highest BCUT2D eigenvalue weighted by molar-refractivity contribution is 9.10.